The van der Waals surface area contributed by atoms with Gasteiger partial charge in [0.05, 0.1) is 12.7 Å². The Hall–Kier alpha value is -4.14. The van der Waals surface area contributed by atoms with E-state index in [1.54, 1.807) is 24.3 Å². The van der Waals surface area contributed by atoms with Crippen LogP contribution in [0.4, 0.5) is 11.4 Å². The summed E-state index contributed by atoms with van der Waals surface area (Å²) < 4.78 is 4.51. The zero-order chi connectivity index (χ0) is 22.2. The average Bonchev–Trinajstić information content (AvgIpc) is 2.78. The van der Waals surface area contributed by atoms with Gasteiger partial charge in [0.1, 0.15) is 0 Å². The molecule has 0 fully saturated rings. The molecular formula is C22H22N4O5. The van der Waals surface area contributed by atoms with E-state index in [0.29, 0.717) is 28.5 Å². The van der Waals surface area contributed by atoms with Gasteiger partial charge in [-0.05, 0) is 48.4 Å². The third-order valence-electron chi connectivity index (χ3n) is 4.43. The summed E-state index contributed by atoms with van der Waals surface area (Å²) in [4.78, 5) is 39.9. The molecule has 0 atom stereocenters. The lowest BCUT2D eigenvalue weighted by molar-refractivity contribution is -0.134. The van der Waals surface area contributed by atoms with E-state index in [0.717, 1.165) is 25.6 Å². The maximum atomic E-state index is 12.7. The second kappa shape index (κ2) is 10.1. The first-order chi connectivity index (χ1) is 15.0. The number of ether oxygens (including phenoxy) is 1. The van der Waals surface area contributed by atoms with Crippen molar-refractivity contribution in [2.75, 3.05) is 30.8 Å². The molecule has 1 heterocycles. The minimum atomic E-state index is -1.19. The van der Waals surface area contributed by atoms with Gasteiger partial charge in [0, 0.05) is 36.1 Å². The SMILES string of the molecule is COC(=O)/C=C/c1ccc(NC(=O)c2cccc(NC3=NCCCN3)c2)cc1C(=O)O. The molecule has 0 saturated carbocycles. The highest BCUT2D eigenvalue weighted by Crippen LogP contribution is 2.19. The number of hydrogen-bond donors (Lipinski definition) is 4. The molecule has 0 spiro atoms. The Morgan fingerprint density at radius 1 is 1.16 bits per heavy atom. The number of carbonyl (C=O) groups is 3. The standard InChI is InChI=1S/C22H22N4O5/c1-31-19(27)9-7-14-6-8-17(13-18(14)21(29)30)25-20(28)15-4-2-5-16(12-15)26-22-23-10-3-11-24-22/h2,4-9,12-13H,3,10-11H2,1H3,(H,25,28)(H,29,30)(H2,23,24,26)/b9-7+. The molecule has 3 rings (SSSR count). The Kier molecular flexibility index (Phi) is 7.00. The van der Waals surface area contributed by atoms with Crippen molar-refractivity contribution in [3.05, 3.63) is 65.2 Å². The summed E-state index contributed by atoms with van der Waals surface area (Å²) >= 11 is 0. The first-order valence-electron chi connectivity index (χ1n) is 9.56. The van der Waals surface area contributed by atoms with Crippen LogP contribution in [0.15, 0.2) is 53.5 Å². The predicted octanol–water partition coefficient (Wildman–Crippen LogP) is 2.58. The quantitative estimate of drug-likeness (QED) is 0.416. The smallest absolute Gasteiger partial charge is 0.336 e. The number of amides is 1. The monoisotopic (exact) mass is 422 g/mol. The lowest BCUT2D eigenvalue weighted by Gasteiger charge is -2.16. The fourth-order valence-electron chi connectivity index (χ4n) is 2.88. The van der Waals surface area contributed by atoms with E-state index in [4.69, 9.17) is 0 Å². The van der Waals surface area contributed by atoms with Gasteiger partial charge in [0.2, 0.25) is 0 Å². The number of carboxylic acid groups (broad SMARTS) is 1. The van der Waals surface area contributed by atoms with Crippen molar-refractivity contribution in [2.24, 2.45) is 4.99 Å². The Balaban J connectivity index is 1.75. The molecular weight excluding hydrogens is 400 g/mol. The van der Waals surface area contributed by atoms with Crippen molar-refractivity contribution in [1.82, 2.24) is 5.32 Å². The number of aromatic carboxylic acids is 1. The average molecular weight is 422 g/mol. The second-order valence-corrected chi connectivity index (χ2v) is 6.63. The third-order valence-corrected chi connectivity index (χ3v) is 4.43. The van der Waals surface area contributed by atoms with Gasteiger partial charge in [-0.25, -0.2) is 9.59 Å². The second-order valence-electron chi connectivity index (χ2n) is 6.63. The molecule has 2 aromatic rings. The van der Waals surface area contributed by atoms with Crippen LogP contribution in [0.2, 0.25) is 0 Å². The Morgan fingerprint density at radius 3 is 2.71 bits per heavy atom. The number of nitrogens with zero attached hydrogens (tertiary/aromatic N) is 1. The molecule has 160 valence electrons. The maximum absolute atomic E-state index is 12.7. The molecule has 4 N–H and O–H groups in total. The van der Waals surface area contributed by atoms with Crippen LogP contribution in [0.25, 0.3) is 6.08 Å². The topological polar surface area (TPSA) is 129 Å². The number of hydrogen-bond acceptors (Lipinski definition) is 7. The molecule has 0 aliphatic carbocycles. The van der Waals surface area contributed by atoms with E-state index in [1.165, 1.54) is 25.3 Å². The summed E-state index contributed by atoms with van der Waals surface area (Å²) in [5.41, 5.74) is 1.66. The highest BCUT2D eigenvalue weighted by Gasteiger charge is 2.13. The predicted molar refractivity (Wildman–Crippen MR) is 117 cm³/mol. The van der Waals surface area contributed by atoms with Crippen LogP contribution in [-0.4, -0.2) is 49.1 Å². The minimum absolute atomic E-state index is 0.0604. The number of benzene rings is 2. The van der Waals surface area contributed by atoms with Crippen molar-refractivity contribution in [3.8, 4) is 0 Å². The number of anilines is 2. The van der Waals surface area contributed by atoms with Gasteiger partial charge in [-0.2, -0.15) is 0 Å². The fraction of sp³-hybridized carbons (Fsp3) is 0.182. The van der Waals surface area contributed by atoms with Crippen LogP contribution in [-0.2, 0) is 9.53 Å². The number of carbonyl (C=O) groups excluding carboxylic acids is 2. The number of guanidine groups is 1. The molecule has 0 radical (unpaired) electrons. The molecule has 0 bridgehead atoms. The van der Waals surface area contributed by atoms with E-state index >= 15 is 0 Å². The van der Waals surface area contributed by atoms with Crippen LogP contribution in [0, 0.1) is 0 Å². The van der Waals surface area contributed by atoms with Gasteiger partial charge in [0.25, 0.3) is 5.91 Å². The number of nitrogens with one attached hydrogen (secondary N) is 3. The molecule has 2 aromatic carbocycles. The first kappa shape index (κ1) is 21.6. The minimum Gasteiger partial charge on any atom is -0.478 e. The van der Waals surface area contributed by atoms with Crippen LogP contribution in [0.5, 0.6) is 0 Å². The van der Waals surface area contributed by atoms with Crippen LogP contribution in [0.3, 0.4) is 0 Å². The van der Waals surface area contributed by atoms with Gasteiger partial charge in [-0.15, -0.1) is 0 Å². The summed E-state index contributed by atoms with van der Waals surface area (Å²) in [7, 11) is 1.23. The largest absolute Gasteiger partial charge is 0.478 e. The van der Waals surface area contributed by atoms with Gasteiger partial charge in [0.15, 0.2) is 5.96 Å². The van der Waals surface area contributed by atoms with E-state index < -0.39 is 17.8 Å². The number of aliphatic imine (C=N–C) groups is 1. The van der Waals surface area contributed by atoms with Crippen molar-refractivity contribution < 1.29 is 24.2 Å². The number of carboxylic acids is 1. The van der Waals surface area contributed by atoms with Crippen molar-refractivity contribution in [2.45, 2.75) is 6.42 Å². The highest BCUT2D eigenvalue weighted by atomic mass is 16.5. The molecule has 9 nitrogen and oxygen atoms in total. The lowest BCUT2D eigenvalue weighted by Crippen LogP contribution is -2.35. The van der Waals surface area contributed by atoms with E-state index in [2.05, 4.69) is 25.7 Å². The zero-order valence-electron chi connectivity index (χ0n) is 16.8. The summed E-state index contributed by atoms with van der Waals surface area (Å²) in [5, 5.41) is 18.4. The van der Waals surface area contributed by atoms with E-state index in [-0.39, 0.29) is 5.56 Å². The van der Waals surface area contributed by atoms with Gasteiger partial charge < -0.3 is 25.8 Å². The summed E-state index contributed by atoms with van der Waals surface area (Å²) in [6, 6.07) is 11.3. The molecule has 0 aromatic heterocycles. The molecule has 9 heteroatoms. The summed E-state index contributed by atoms with van der Waals surface area (Å²) in [5.74, 6) is -1.52. The van der Waals surface area contributed by atoms with E-state index in [1.807, 2.05) is 6.07 Å². The van der Waals surface area contributed by atoms with Crippen LogP contribution in [0.1, 0.15) is 32.7 Å². The van der Waals surface area contributed by atoms with Crippen LogP contribution < -0.4 is 16.0 Å². The third kappa shape index (κ3) is 5.92. The lowest BCUT2D eigenvalue weighted by atomic mass is 10.1. The molecule has 31 heavy (non-hydrogen) atoms. The fourth-order valence-corrected chi connectivity index (χ4v) is 2.88. The molecule has 1 amide bonds. The highest BCUT2D eigenvalue weighted by molar-refractivity contribution is 6.06. The van der Waals surface area contributed by atoms with Gasteiger partial charge >= 0.3 is 11.9 Å². The summed E-state index contributed by atoms with van der Waals surface area (Å²) in [6.45, 7) is 1.58. The Morgan fingerprint density at radius 2 is 2.00 bits per heavy atom. The van der Waals surface area contributed by atoms with E-state index in [9.17, 15) is 19.5 Å². The maximum Gasteiger partial charge on any atom is 0.336 e. The van der Waals surface area contributed by atoms with Crippen molar-refractivity contribution >= 4 is 41.3 Å². The van der Waals surface area contributed by atoms with Crippen molar-refractivity contribution in [3.63, 3.8) is 0 Å². The Bertz CT molecular complexity index is 1060. The molecule has 0 unspecified atom stereocenters. The molecule has 1 aliphatic heterocycles. The number of rotatable bonds is 6. The first-order valence-corrected chi connectivity index (χ1v) is 9.56. The molecule has 0 saturated heterocycles. The molecule has 1 aliphatic rings. The number of methoxy groups -OCH3 is 1. The Labute approximate surface area is 178 Å². The van der Waals surface area contributed by atoms with Crippen molar-refractivity contribution in [1.29, 1.82) is 0 Å². The summed E-state index contributed by atoms with van der Waals surface area (Å²) in [6.07, 6.45) is 3.45. The van der Waals surface area contributed by atoms with Gasteiger partial charge in [-0.1, -0.05) is 12.1 Å². The zero-order valence-corrected chi connectivity index (χ0v) is 16.8. The van der Waals surface area contributed by atoms with Gasteiger partial charge in [-0.3, -0.25) is 9.79 Å². The number of esters is 1. The van der Waals surface area contributed by atoms with Crippen LogP contribution >= 0.6 is 0 Å². The normalized spacial score (nSPS) is 13.1.